The van der Waals surface area contributed by atoms with Crippen LogP contribution in [-0.4, -0.2) is 26.8 Å². The fourth-order valence-electron chi connectivity index (χ4n) is 3.54. The van der Waals surface area contributed by atoms with Crippen molar-refractivity contribution < 1.29 is 19.0 Å². The molecule has 152 valence electrons. The van der Waals surface area contributed by atoms with Crippen LogP contribution in [-0.2, 0) is 19.0 Å². The number of esters is 1. The summed E-state index contributed by atoms with van der Waals surface area (Å²) in [6.45, 7) is 4.44. The van der Waals surface area contributed by atoms with Crippen molar-refractivity contribution in [2.75, 3.05) is 20.8 Å². The quantitative estimate of drug-likeness (QED) is 0.593. The summed E-state index contributed by atoms with van der Waals surface area (Å²) in [5, 5.41) is 0. The molecule has 2 aromatic rings. The Hall–Kier alpha value is -2.85. The van der Waals surface area contributed by atoms with Crippen molar-refractivity contribution in [3.63, 3.8) is 0 Å². The Kier molecular flexibility index (Phi) is 6.89. The molecule has 0 saturated heterocycles. The van der Waals surface area contributed by atoms with E-state index >= 15 is 0 Å². The Balaban J connectivity index is 1.76. The van der Waals surface area contributed by atoms with Crippen molar-refractivity contribution in [2.24, 2.45) is 5.92 Å². The SMILES string of the molecule is COCC1CC=C(OC)C=C1OC(=O)[C@H](C)c1ccc(-c2ccccc2)c(C)c1. The molecule has 1 unspecified atom stereocenters. The average Bonchev–Trinajstić information content (AvgIpc) is 2.75. The number of carbonyl (C=O) groups is 1. The zero-order chi connectivity index (χ0) is 20.8. The van der Waals surface area contributed by atoms with Gasteiger partial charge in [0.1, 0.15) is 11.5 Å². The number of benzene rings is 2. The van der Waals surface area contributed by atoms with E-state index in [-0.39, 0.29) is 17.8 Å². The summed E-state index contributed by atoms with van der Waals surface area (Å²) < 4.78 is 16.4. The third-order valence-corrected chi connectivity index (χ3v) is 5.30. The number of ether oxygens (including phenoxy) is 3. The molecule has 4 heteroatoms. The molecule has 0 aliphatic heterocycles. The summed E-state index contributed by atoms with van der Waals surface area (Å²) in [5.41, 5.74) is 4.40. The van der Waals surface area contributed by atoms with Crippen LogP contribution in [0.15, 0.2) is 72.2 Å². The van der Waals surface area contributed by atoms with E-state index in [2.05, 4.69) is 31.2 Å². The van der Waals surface area contributed by atoms with E-state index in [4.69, 9.17) is 14.2 Å². The number of rotatable bonds is 7. The van der Waals surface area contributed by atoms with E-state index in [1.807, 2.05) is 37.3 Å². The lowest BCUT2D eigenvalue weighted by molar-refractivity contribution is -0.142. The van der Waals surface area contributed by atoms with Gasteiger partial charge in [0.15, 0.2) is 0 Å². The summed E-state index contributed by atoms with van der Waals surface area (Å²) in [6, 6.07) is 16.4. The minimum absolute atomic E-state index is 0.0113. The predicted molar refractivity (Wildman–Crippen MR) is 114 cm³/mol. The zero-order valence-electron chi connectivity index (χ0n) is 17.5. The molecule has 0 N–H and O–H groups in total. The van der Waals surface area contributed by atoms with Crippen molar-refractivity contribution in [1.82, 2.24) is 0 Å². The van der Waals surface area contributed by atoms with Crippen molar-refractivity contribution in [2.45, 2.75) is 26.2 Å². The minimum Gasteiger partial charge on any atom is -0.497 e. The third-order valence-electron chi connectivity index (χ3n) is 5.30. The summed E-state index contributed by atoms with van der Waals surface area (Å²) >= 11 is 0. The summed E-state index contributed by atoms with van der Waals surface area (Å²) in [7, 11) is 3.26. The molecule has 0 fully saturated rings. The van der Waals surface area contributed by atoms with Gasteiger partial charge in [0.05, 0.1) is 19.6 Å². The molecule has 4 nitrogen and oxygen atoms in total. The molecule has 1 aliphatic carbocycles. The molecule has 3 rings (SSSR count). The number of methoxy groups -OCH3 is 2. The van der Waals surface area contributed by atoms with E-state index < -0.39 is 0 Å². The lowest BCUT2D eigenvalue weighted by atomic mass is 9.93. The predicted octanol–water partition coefficient (Wildman–Crippen LogP) is 5.39. The fourth-order valence-corrected chi connectivity index (χ4v) is 3.54. The van der Waals surface area contributed by atoms with E-state index in [0.29, 0.717) is 18.1 Å². The highest BCUT2D eigenvalue weighted by molar-refractivity contribution is 5.79. The molecule has 29 heavy (non-hydrogen) atoms. The summed E-state index contributed by atoms with van der Waals surface area (Å²) in [4.78, 5) is 12.9. The van der Waals surface area contributed by atoms with Gasteiger partial charge in [-0.15, -0.1) is 0 Å². The molecule has 0 heterocycles. The lowest BCUT2D eigenvalue weighted by Gasteiger charge is -2.23. The van der Waals surface area contributed by atoms with Gasteiger partial charge in [0.2, 0.25) is 0 Å². The first-order chi connectivity index (χ1) is 14.0. The number of aryl methyl sites for hydroxylation is 1. The van der Waals surface area contributed by atoms with Gasteiger partial charge in [-0.05, 0) is 48.6 Å². The van der Waals surface area contributed by atoms with Crippen LogP contribution in [0.2, 0.25) is 0 Å². The van der Waals surface area contributed by atoms with Crippen LogP contribution in [0.5, 0.6) is 0 Å². The molecule has 1 aliphatic rings. The monoisotopic (exact) mass is 392 g/mol. The van der Waals surface area contributed by atoms with Crippen LogP contribution in [0.1, 0.15) is 30.4 Å². The maximum atomic E-state index is 12.9. The van der Waals surface area contributed by atoms with Gasteiger partial charge in [-0.25, -0.2) is 0 Å². The number of hydrogen-bond acceptors (Lipinski definition) is 4. The smallest absolute Gasteiger partial charge is 0.318 e. The highest BCUT2D eigenvalue weighted by Gasteiger charge is 2.26. The molecule has 2 atom stereocenters. The van der Waals surface area contributed by atoms with Crippen LogP contribution in [0, 0.1) is 12.8 Å². The molecule has 0 aromatic heterocycles. The Morgan fingerprint density at radius 3 is 2.55 bits per heavy atom. The molecule has 0 radical (unpaired) electrons. The molecule has 0 saturated carbocycles. The number of hydrogen-bond donors (Lipinski definition) is 0. The highest BCUT2D eigenvalue weighted by Crippen LogP contribution is 2.30. The molecule has 0 bridgehead atoms. The first-order valence-corrected chi connectivity index (χ1v) is 9.85. The number of allylic oxidation sites excluding steroid dienone is 2. The standard InChI is InChI=1S/C25H28O4/c1-17-14-20(11-13-23(17)19-8-6-5-7-9-19)18(2)25(26)29-24-15-22(28-4)12-10-21(24)16-27-3/h5-9,11-15,18,21H,10,16H2,1-4H3/t18-,21?/m1/s1. The first kappa shape index (κ1) is 20.9. The largest absolute Gasteiger partial charge is 0.497 e. The Bertz CT molecular complexity index is 912. The van der Waals surface area contributed by atoms with Gasteiger partial charge in [0, 0.05) is 19.1 Å². The van der Waals surface area contributed by atoms with Crippen molar-refractivity contribution >= 4 is 5.97 Å². The molecule has 0 amide bonds. The van der Waals surface area contributed by atoms with E-state index in [9.17, 15) is 4.79 Å². The van der Waals surface area contributed by atoms with Crippen molar-refractivity contribution in [1.29, 1.82) is 0 Å². The van der Waals surface area contributed by atoms with Crippen LogP contribution in [0.3, 0.4) is 0 Å². The normalized spacial score (nSPS) is 17.2. The average molecular weight is 392 g/mol. The zero-order valence-corrected chi connectivity index (χ0v) is 17.5. The van der Waals surface area contributed by atoms with Gasteiger partial charge in [-0.2, -0.15) is 0 Å². The van der Waals surface area contributed by atoms with E-state index in [1.165, 1.54) is 11.1 Å². The molecular weight excluding hydrogens is 364 g/mol. The van der Waals surface area contributed by atoms with Crippen molar-refractivity contribution in [3.05, 3.63) is 83.3 Å². The Morgan fingerprint density at radius 2 is 1.90 bits per heavy atom. The van der Waals surface area contributed by atoms with Gasteiger partial charge in [-0.1, -0.05) is 48.5 Å². The van der Waals surface area contributed by atoms with E-state index in [1.54, 1.807) is 20.3 Å². The molecular formula is C25H28O4. The number of carbonyl (C=O) groups excluding carboxylic acids is 1. The Morgan fingerprint density at radius 1 is 1.14 bits per heavy atom. The van der Waals surface area contributed by atoms with Crippen LogP contribution >= 0.6 is 0 Å². The lowest BCUT2D eigenvalue weighted by Crippen LogP contribution is -2.21. The van der Waals surface area contributed by atoms with Crippen LogP contribution in [0.4, 0.5) is 0 Å². The highest BCUT2D eigenvalue weighted by atomic mass is 16.5. The third kappa shape index (κ3) is 4.96. The Labute approximate surface area is 172 Å². The summed E-state index contributed by atoms with van der Waals surface area (Å²) in [6.07, 6.45) is 4.48. The fraction of sp³-hybridized carbons (Fsp3) is 0.320. The maximum Gasteiger partial charge on any atom is 0.318 e. The van der Waals surface area contributed by atoms with Gasteiger partial charge in [-0.3, -0.25) is 4.79 Å². The molecule has 0 spiro atoms. The van der Waals surface area contributed by atoms with E-state index in [0.717, 1.165) is 17.5 Å². The van der Waals surface area contributed by atoms with Crippen molar-refractivity contribution in [3.8, 4) is 11.1 Å². The maximum absolute atomic E-state index is 12.9. The van der Waals surface area contributed by atoms with Crippen LogP contribution < -0.4 is 0 Å². The van der Waals surface area contributed by atoms with Gasteiger partial charge in [0.25, 0.3) is 0 Å². The minimum atomic E-state index is -0.375. The summed E-state index contributed by atoms with van der Waals surface area (Å²) in [5.74, 6) is 0.662. The topological polar surface area (TPSA) is 44.8 Å². The second-order valence-electron chi connectivity index (χ2n) is 7.33. The first-order valence-electron chi connectivity index (χ1n) is 9.85. The van der Waals surface area contributed by atoms with Gasteiger partial charge < -0.3 is 14.2 Å². The second kappa shape index (κ2) is 9.57. The van der Waals surface area contributed by atoms with Gasteiger partial charge >= 0.3 is 5.97 Å². The van der Waals surface area contributed by atoms with Crippen LogP contribution in [0.25, 0.3) is 11.1 Å². The second-order valence-corrected chi connectivity index (χ2v) is 7.33. The molecule has 2 aromatic carbocycles.